The minimum atomic E-state index is -0.399. The molecule has 3 N–H and O–H groups in total. The normalized spacial score (nSPS) is 14.4. The van der Waals surface area contributed by atoms with Crippen molar-refractivity contribution in [3.8, 4) is 0 Å². The summed E-state index contributed by atoms with van der Waals surface area (Å²) in [6, 6.07) is -0.203. The number of hydrogen-bond donors (Lipinski definition) is 2. The Labute approximate surface area is 96.4 Å². The highest BCUT2D eigenvalue weighted by Crippen LogP contribution is 2.12. The van der Waals surface area contributed by atoms with E-state index in [1.54, 1.807) is 14.0 Å². The molecule has 5 heteroatoms. The highest BCUT2D eigenvalue weighted by molar-refractivity contribution is 7.80. The van der Waals surface area contributed by atoms with Crippen LogP contribution in [0.2, 0.25) is 0 Å². The summed E-state index contributed by atoms with van der Waals surface area (Å²) in [4.78, 5) is 13.7. The van der Waals surface area contributed by atoms with Crippen molar-refractivity contribution in [1.82, 2.24) is 4.90 Å². The van der Waals surface area contributed by atoms with Crippen LogP contribution in [0.15, 0.2) is 0 Å². The molecule has 15 heavy (non-hydrogen) atoms. The molecule has 1 amide bonds. The number of hydrogen-bond acceptors (Lipinski definition) is 3. The molecule has 0 aliphatic rings. The summed E-state index contributed by atoms with van der Waals surface area (Å²) in [5.74, 6) is -0.505. The van der Waals surface area contributed by atoms with Gasteiger partial charge in [0, 0.05) is 7.05 Å². The first-order valence-corrected chi connectivity index (χ1v) is 5.53. The fourth-order valence-electron chi connectivity index (χ4n) is 1.26. The molecule has 2 atom stereocenters. The van der Waals surface area contributed by atoms with Crippen LogP contribution in [0.1, 0.15) is 26.7 Å². The van der Waals surface area contributed by atoms with Crippen LogP contribution in [0.5, 0.6) is 0 Å². The molecular formula is C10H20N2O2S. The van der Waals surface area contributed by atoms with Crippen molar-refractivity contribution in [2.24, 2.45) is 11.7 Å². The average Bonchev–Trinajstić information content (AvgIpc) is 2.22. The molecule has 0 aromatic rings. The van der Waals surface area contributed by atoms with Crippen LogP contribution in [0.25, 0.3) is 0 Å². The highest BCUT2D eigenvalue weighted by atomic mass is 32.1. The van der Waals surface area contributed by atoms with Gasteiger partial charge in [0.05, 0.1) is 23.6 Å². The Hall–Kier alpha value is -0.680. The number of aliphatic hydroxyl groups excluding tert-OH is 1. The maximum atomic E-state index is 11.9. The van der Waals surface area contributed by atoms with Crippen molar-refractivity contribution in [1.29, 1.82) is 0 Å². The fraction of sp³-hybridized carbons (Fsp3) is 0.800. The van der Waals surface area contributed by atoms with Crippen LogP contribution in [0.3, 0.4) is 0 Å². The van der Waals surface area contributed by atoms with Gasteiger partial charge < -0.3 is 15.7 Å². The third-order valence-electron chi connectivity index (χ3n) is 2.49. The molecule has 2 unspecified atom stereocenters. The molecule has 0 aromatic heterocycles. The van der Waals surface area contributed by atoms with Crippen LogP contribution in [0.4, 0.5) is 0 Å². The van der Waals surface area contributed by atoms with Gasteiger partial charge in [-0.1, -0.05) is 25.6 Å². The van der Waals surface area contributed by atoms with Gasteiger partial charge in [-0.15, -0.1) is 0 Å². The number of amides is 1. The van der Waals surface area contributed by atoms with Crippen molar-refractivity contribution in [2.45, 2.75) is 32.7 Å². The van der Waals surface area contributed by atoms with E-state index in [1.165, 1.54) is 4.90 Å². The van der Waals surface area contributed by atoms with Crippen LogP contribution in [-0.4, -0.2) is 40.6 Å². The Morgan fingerprint density at radius 3 is 2.47 bits per heavy atom. The number of aliphatic hydroxyl groups is 1. The third kappa shape index (κ3) is 4.13. The van der Waals surface area contributed by atoms with E-state index in [2.05, 4.69) is 0 Å². The average molecular weight is 232 g/mol. The minimum absolute atomic E-state index is 0.0571. The lowest BCUT2D eigenvalue weighted by Crippen LogP contribution is -2.44. The van der Waals surface area contributed by atoms with E-state index >= 15 is 0 Å². The number of carbonyl (C=O) groups is 1. The molecule has 0 fully saturated rings. The molecule has 4 nitrogen and oxygen atoms in total. The summed E-state index contributed by atoms with van der Waals surface area (Å²) in [7, 11) is 1.66. The zero-order chi connectivity index (χ0) is 12.0. The second-order valence-corrected chi connectivity index (χ2v) is 4.20. The summed E-state index contributed by atoms with van der Waals surface area (Å²) >= 11 is 4.87. The van der Waals surface area contributed by atoms with E-state index in [-0.39, 0.29) is 23.5 Å². The smallest absolute Gasteiger partial charge is 0.232 e. The highest BCUT2D eigenvalue weighted by Gasteiger charge is 2.25. The van der Waals surface area contributed by atoms with E-state index in [4.69, 9.17) is 23.1 Å². The topological polar surface area (TPSA) is 66.6 Å². The lowest BCUT2D eigenvalue weighted by atomic mass is 10.0. The number of likely N-dealkylation sites (N-methyl/N-ethyl adjacent to an activating group) is 1. The number of nitrogens with zero attached hydrogens (tertiary/aromatic N) is 1. The molecule has 0 radical (unpaired) electrons. The molecule has 0 saturated carbocycles. The van der Waals surface area contributed by atoms with Crippen LogP contribution in [-0.2, 0) is 4.79 Å². The zero-order valence-corrected chi connectivity index (χ0v) is 10.4. The van der Waals surface area contributed by atoms with E-state index in [0.29, 0.717) is 6.42 Å². The molecule has 88 valence electrons. The Morgan fingerprint density at radius 2 is 2.13 bits per heavy atom. The van der Waals surface area contributed by atoms with Crippen molar-refractivity contribution in [3.05, 3.63) is 0 Å². The van der Waals surface area contributed by atoms with Gasteiger partial charge in [-0.2, -0.15) is 0 Å². The largest absolute Gasteiger partial charge is 0.394 e. The summed E-state index contributed by atoms with van der Waals surface area (Å²) < 4.78 is 0. The lowest BCUT2D eigenvalue weighted by Gasteiger charge is -2.27. The SMILES string of the molecule is CCCC(C(=O)N(C)C(C)CO)C(N)=S. The Bertz CT molecular complexity index is 233. The lowest BCUT2D eigenvalue weighted by molar-refractivity contribution is -0.134. The molecule has 0 spiro atoms. The van der Waals surface area contributed by atoms with Gasteiger partial charge in [0.25, 0.3) is 0 Å². The molecule has 0 aromatic carbocycles. The Kier molecular flexibility index (Phi) is 6.43. The second-order valence-electron chi connectivity index (χ2n) is 3.72. The summed E-state index contributed by atoms with van der Waals surface area (Å²) in [6.45, 7) is 3.70. The van der Waals surface area contributed by atoms with Crippen molar-refractivity contribution in [2.75, 3.05) is 13.7 Å². The molecule has 0 heterocycles. The second kappa shape index (κ2) is 6.74. The van der Waals surface area contributed by atoms with Gasteiger partial charge >= 0.3 is 0 Å². The van der Waals surface area contributed by atoms with Crippen LogP contribution < -0.4 is 5.73 Å². The van der Waals surface area contributed by atoms with Gasteiger partial charge in [0.15, 0.2) is 0 Å². The van der Waals surface area contributed by atoms with Crippen molar-refractivity contribution in [3.63, 3.8) is 0 Å². The van der Waals surface area contributed by atoms with Gasteiger partial charge in [-0.05, 0) is 13.3 Å². The monoisotopic (exact) mass is 232 g/mol. The van der Waals surface area contributed by atoms with E-state index < -0.39 is 5.92 Å². The predicted molar refractivity (Wildman–Crippen MR) is 64.5 cm³/mol. The standard InChI is InChI=1S/C10H20N2O2S/c1-4-5-8(9(11)15)10(14)12(3)7(2)6-13/h7-8,13H,4-6H2,1-3H3,(H2,11,15). The fourth-order valence-corrected chi connectivity index (χ4v) is 1.48. The van der Waals surface area contributed by atoms with Crippen molar-refractivity contribution < 1.29 is 9.90 Å². The molecule has 0 saturated heterocycles. The number of thiocarbonyl (C=S) groups is 1. The van der Waals surface area contributed by atoms with Crippen LogP contribution in [0, 0.1) is 5.92 Å². The van der Waals surface area contributed by atoms with Gasteiger partial charge in [-0.25, -0.2) is 0 Å². The molecule has 0 aliphatic heterocycles. The molecule has 0 rings (SSSR count). The number of carbonyl (C=O) groups excluding carboxylic acids is 1. The zero-order valence-electron chi connectivity index (χ0n) is 9.56. The van der Waals surface area contributed by atoms with E-state index in [1.807, 2.05) is 6.92 Å². The van der Waals surface area contributed by atoms with Crippen LogP contribution >= 0.6 is 12.2 Å². The number of nitrogens with two attached hydrogens (primary N) is 1. The molecular weight excluding hydrogens is 212 g/mol. The molecule has 0 aliphatic carbocycles. The summed E-state index contributed by atoms with van der Waals surface area (Å²) in [6.07, 6.45) is 1.52. The first-order chi connectivity index (χ1) is 6.95. The maximum Gasteiger partial charge on any atom is 0.232 e. The summed E-state index contributed by atoms with van der Waals surface area (Å²) in [5, 5.41) is 8.95. The first-order valence-electron chi connectivity index (χ1n) is 5.12. The summed E-state index contributed by atoms with van der Waals surface area (Å²) in [5.41, 5.74) is 5.52. The van der Waals surface area contributed by atoms with Gasteiger partial charge in [0.2, 0.25) is 5.91 Å². The van der Waals surface area contributed by atoms with E-state index in [9.17, 15) is 4.79 Å². The Morgan fingerprint density at radius 1 is 1.60 bits per heavy atom. The Balaban J connectivity index is 4.55. The first kappa shape index (κ1) is 14.3. The van der Waals surface area contributed by atoms with Gasteiger partial charge in [-0.3, -0.25) is 4.79 Å². The minimum Gasteiger partial charge on any atom is -0.394 e. The third-order valence-corrected chi connectivity index (χ3v) is 2.78. The predicted octanol–water partition coefficient (Wildman–Crippen LogP) is 0.528. The quantitative estimate of drug-likeness (QED) is 0.656. The van der Waals surface area contributed by atoms with Crippen molar-refractivity contribution >= 4 is 23.1 Å². The number of rotatable bonds is 6. The molecule has 0 bridgehead atoms. The van der Waals surface area contributed by atoms with E-state index in [0.717, 1.165) is 6.42 Å². The van der Waals surface area contributed by atoms with Gasteiger partial charge in [0.1, 0.15) is 0 Å². The maximum absolute atomic E-state index is 11.9.